The molecular formula is C20H44NO+. The van der Waals surface area contributed by atoms with Gasteiger partial charge in [-0.05, 0) is 25.7 Å². The second kappa shape index (κ2) is 15.8. The molecule has 1 N–H and O–H groups in total. The van der Waals surface area contributed by atoms with Gasteiger partial charge in [-0.3, -0.25) is 0 Å². The van der Waals surface area contributed by atoms with E-state index in [9.17, 15) is 5.11 Å². The summed E-state index contributed by atoms with van der Waals surface area (Å²) in [6.07, 6.45) is 16.3. The molecule has 0 bridgehead atoms. The number of hydrogen-bond acceptors (Lipinski definition) is 1. The van der Waals surface area contributed by atoms with Crippen LogP contribution in [0.2, 0.25) is 0 Å². The fourth-order valence-electron chi connectivity index (χ4n) is 3.45. The largest absolute Gasteiger partial charge is 0.391 e. The standard InChI is InChI=1S/C20H44NO/c1-4-7-10-11-12-13-14-15-18-21(19-20-22,16-8-5-2)17-9-6-3/h22H,4-20H2,1-3H3/q+1. The number of rotatable bonds is 17. The van der Waals surface area contributed by atoms with Crippen LogP contribution < -0.4 is 0 Å². The van der Waals surface area contributed by atoms with Gasteiger partial charge in [0.2, 0.25) is 0 Å². The average Bonchev–Trinajstić information content (AvgIpc) is 2.53. The Labute approximate surface area is 140 Å². The van der Waals surface area contributed by atoms with Gasteiger partial charge in [-0.25, -0.2) is 0 Å². The Morgan fingerprint density at radius 3 is 1.36 bits per heavy atom. The predicted octanol–water partition coefficient (Wildman–Crippen LogP) is 5.54. The first-order valence-electron chi connectivity index (χ1n) is 10.2. The van der Waals surface area contributed by atoms with Crippen molar-refractivity contribution < 1.29 is 9.59 Å². The molecule has 0 unspecified atom stereocenters. The minimum atomic E-state index is 0.352. The first-order valence-corrected chi connectivity index (χ1v) is 10.2. The minimum Gasteiger partial charge on any atom is -0.391 e. The van der Waals surface area contributed by atoms with E-state index in [1.165, 1.54) is 101 Å². The van der Waals surface area contributed by atoms with Crippen LogP contribution >= 0.6 is 0 Å². The Bertz CT molecular complexity index is 210. The maximum Gasteiger partial charge on any atom is 0.102 e. The molecule has 134 valence electrons. The van der Waals surface area contributed by atoms with Crippen molar-refractivity contribution in [1.29, 1.82) is 0 Å². The van der Waals surface area contributed by atoms with Crippen LogP contribution in [0.1, 0.15) is 97.8 Å². The lowest BCUT2D eigenvalue weighted by atomic mass is 10.1. The quantitative estimate of drug-likeness (QED) is 0.276. The van der Waals surface area contributed by atoms with Crippen molar-refractivity contribution in [3.8, 4) is 0 Å². The fraction of sp³-hybridized carbons (Fsp3) is 1.00. The van der Waals surface area contributed by atoms with Crippen molar-refractivity contribution in [1.82, 2.24) is 0 Å². The zero-order valence-corrected chi connectivity index (χ0v) is 15.9. The highest BCUT2D eigenvalue weighted by molar-refractivity contribution is 4.51. The Balaban J connectivity index is 4.03. The van der Waals surface area contributed by atoms with Gasteiger partial charge in [0.15, 0.2) is 0 Å². The first-order chi connectivity index (χ1) is 10.7. The Kier molecular flexibility index (Phi) is 15.7. The third-order valence-corrected chi connectivity index (χ3v) is 5.03. The lowest BCUT2D eigenvalue weighted by Gasteiger charge is -2.38. The molecule has 0 aliphatic carbocycles. The molecule has 0 aromatic carbocycles. The molecule has 0 amide bonds. The molecule has 22 heavy (non-hydrogen) atoms. The normalized spacial score (nSPS) is 12.0. The van der Waals surface area contributed by atoms with Crippen LogP contribution in [0.25, 0.3) is 0 Å². The third kappa shape index (κ3) is 11.5. The minimum absolute atomic E-state index is 0.352. The van der Waals surface area contributed by atoms with Crippen LogP contribution in [0.15, 0.2) is 0 Å². The summed E-state index contributed by atoms with van der Waals surface area (Å²) in [6, 6.07) is 0. The van der Waals surface area contributed by atoms with Crippen molar-refractivity contribution in [2.45, 2.75) is 97.8 Å². The third-order valence-electron chi connectivity index (χ3n) is 5.03. The smallest absolute Gasteiger partial charge is 0.102 e. The van der Waals surface area contributed by atoms with E-state index in [0.29, 0.717) is 6.61 Å². The van der Waals surface area contributed by atoms with Crippen LogP contribution in [0.4, 0.5) is 0 Å². The van der Waals surface area contributed by atoms with Gasteiger partial charge in [0.25, 0.3) is 0 Å². The number of aliphatic hydroxyl groups excluding tert-OH is 1. The SMILES string of the molecule is CCCCCCCCCC[N+](CCO)(CCCC)CCCC. The molecule has 0 saturated heterocycles. The molecule has 0 aliphatic rings. The van der Waals surface area contributed by atoms with E-state index in [1.807, 2.05) is 0 Å². The molecule has 2 nitrogen and oxygen atoms in total. The summed E-state index contributed by atoms with van der Waals surface area (Å²) in [7, 11) is 0. The van der Waals surface area contributed by atoms with Crippen LogP contribution in [-0.2, 0) is 0 Å². The summed E-state index contributed by atoms with van der Waals surface area (Å²) in [5.41, 5.74) is 0. The predicted molar refractivity (Wildman–Crippen MR) is 99.2 cm³/mol. The van der Waals surface area contributed by atoms with Gasteiger partial charge in [-0.1, -0.05) is 72.1 Å². The highest BCUT2D eigenvalue weighted by Gasteiger charge is 2.24. The molecule has 0 radical (unpaired) electrons. The summed E-state index contributed by atoms with van der Waals surface area (Å²) in [4.78, 5) is 0. The second-order valence-electron chi connectivity index (χ2n) is 7.14. The van der Waals surface area contributed by atoms with E-state index in [2.05, 4.69) is 20.8 Å². The van der Waals surface area contributed by atoms with Gasteiger partial charge in [-0.2, -0.15) is 0 Å². The van der Waals surface area contributed by atoms with Crippen molar-refractivity contribution in [3.05, 3.63) is 0 Å². The molecule has 0 aromatic rings. The average molecular weight is 315 g/mol. The fourth-order valence-corrected chi connectivity index (χ4v) is 3.45. The monoisotopic (exact) mass is 314 g/mol. The zero-order valence-electron chi connectivity index (χ0n) is 15.9. The second-order valence-corrected chi connectivity index (χ2v) is 7.14. The van der Waals surface area contributed by atoms with Crippen LogP contribution in [0.5, 0.6) is 0 Å². The molecule has 0 heterocycles. The molecule has 0 aromatic heterocycles. The molecule has 0 atom stereocenters. The molecular weight excluding hydrogens is 270 g/mol. The van der Waals surface area contributed by atoms with Crippen LogP contribution in [-0.4, -0.2) is 42.4 Å². The Morgan fingerprint density at radius 1 is 0.500 bits per heavy atom. The number of hydrogen-bond donors (Lipinski definition) is 1. The molecule has 0 spiro atoms. The van der Waals surface area contributed by atoms with Gasteiger partial charge in [0, 0.05) is 0 Å². The van der Waals surface area contributed by atoms with E-state index in [-0.39, 0.29) is 0 Å². The first kappa shape index (κ1) is 21.9. The van der Waals surface area contributed by atoms with Gasteiger partial charge in [0.05, 0.1) is 26.2 Å². The maximum atomic E-state index is 9.51. The van der Waals surface area contributed by atoms with Crippen molar-refractivity contribution >= 4 is 0 Å². The maximum absolute atomic E-state index is 9.51. The zero-order chi connectivity index (χ0) is 16.5. The summed E-state index contributed by atoms with van der Waals surface area (Å²) < 4.78 is 1.17. The summed E-state index contributed by atoms with van der Waals surface area (Å²) in [5.74, 6) is 0. The number of quaternary nitrogens is 1. The van der Waals surface area contributed by atoms with E-state index in [0.717, 1.165) is 6.54 Å². The van der Waals surface area contributed by atoms with E-state index >= 15 is 0 Å². The lowest BCUT2D eigenvalue weighted by Crippen LogP contribution is -2.51. The van der Waals surface area contributed by atoms with Crippen LogP contribution in [0, 0.1) is 0 Å². The highest BCUT2D eigenvalue weighted by Crippen LogP contribution is 2.16. The van der Waals surface area contributed by atoms with E-state index in [1.54, 1.807) is 0 Å². The van der Waals surface area contributed by atoms with Gasteiger partial charge < -0.3 is 9.59 Å². The Morgan fingerprint density at radius 2 is 0.909 bits per heavy atom. The van der Waals surface area contributed by atoms with Crippen LogP contribution in [0.3, 0.4) is 0 Å². The van der Waals surface area contributed by atoms with Crippen molar-refractivity contribution in [2.24, 2.45) is 0 Å². The van der Waals surface area contributed by atoms with Gasteiger partial charge >= 0.3 is 0 Å². The van der Waals surface area contributed by atoms with Gasteiger partial charge in [-0.15, -0.1) is 0 Å². The summed E-state index contributed by atoms with van der Waals surface area (Å²) >= 11 is 0. The lowest BCUT2D eigenvalue weighted by molar-refractivity contribution is -0.929. The number of unbranched alkanes of at least 4 members (excludes halogenated alkanes) is 9. The van der Waals surface area contributed by atoms with E-state index in [4.69, 9.17) is 0 Å². The van der Waals surface area contributed by atoms with Crippen molar-refractivity contribution in [2.75, 3.05) is 32.8 Å². The molecule has 0 rings (SSSR count). The topological polar surface area (TPSA) is 20.2 Å². The van der Waals surface area contributed by atoms with Gasteiger partial charge in [0.1, 0.15) is 6.54 Å². The Hall–Kier alpha value is -0.0800. The summed E-state index contributed by atoms with van der Waals surface area (Å²) in [5, 5.41) is 9.51. The van der Waals surface area contributed by atoms with E-state index < -0.39 is 0 Å². The summed E-state index contributed by atoms with van der Waals surface area (Å²) in [6.45, 7) is 12.0. The number of aliphatic hydroxyl groups is 1. The van der Waals surface area contributed by atoms with Crippen molar-refractivity contribution in [3.63, 3.8) is 0 Å². The molecule has 2 heteroatoms. The number of nitrogens with zero attached hydrogens (tertiary/aromatic N) is 1. The molecule has 0 aliphatic heterocycles. The molecule has 0 saturated carbocycles. The highest BCUT2D eigenvalue weighted by atomic mass is 16.3. The molecule has 0 fully saturated rings.